The highest BCUT2D eigenvalue weighted by Crippen LogP contribution is 2.33. The van der Waals surface area contributed by atoms with Crippen molar-refractivity contribution >= 4 is 17.5 Å². The third kappa shape index (κ3) is 3.42. The van der Waals surface area contributed by atoms with E-state index in [-0.39, 0.29) is 5.25 Å². The summed E-state index contributed by atoms with van der Waals surface area (Å²) in [7, 11) is 1.66. The van der Waals surface area contributed by atoms with Gasteiger partial charge in [-0.3, -0.25) is 0 Å². The van der Waals surface area contributed by atoms with Crippen LogP contribution in [0.5, 0.6) is 11.5 Å². The Morgan fingerprint density at radius 3 is 2.30 bits per heavy atom. The number of methoxy groups -OCH3 is 1. The molecular weight excluding hydrogens is 360 g/mol. The minimum Gasteiger partial charge on any atom is -0.497 e. The van der Waals surface area contributed by atoms with Gasteiger partial charge in [0.1, 0.15) is 11.5 Å². The summed E-state index contributed by atoms with van der Waals surface area (Å²) in [5.74, 6) is 2.39. The molecule has 0 saturated heterocycles. The zero-order valence-corrected chi connectivity index (χ0v) is 16.2. The van der Waals surface area contributed by atoms with E-state index < -0.39 is 0 Å². The molecule has 1 aliphatic rings. The van der Waals surface area contributed by atoms with Crippen LogP contribution in [0.3, 0.4) is 0 Å². The van der Waals surface area contributed by atoms with Crippen molar-refractivity contribution in [1.29, 1.82) is 0 Å². The van der Waals surface area contributed by atoms with Gasteiger partial charge in [-0.05, 0) is 67.9 Å². The van der Waals surface area contributed by atoms with Crippen molar-refractivity contribution in [3.8, 4) is 22.9 Å². The summed E-state index contributed by atoms with van der Waals surface area (Å²) in [5, 5.41) is 14.5. The highest BCUT2D eigenvalue weighted by Gasteiger charge is 2.26. The van der Waals surface area contributed by atoms with E-state index in [1.54, 1.807) is 18.9 Å². The van der Waals surface area contributed by atoms with Gasteiger partial charge in [-0.15, -0.1) is 10.2 Å². The predicted octanol–water partition coefficient (Wildman–Crippen LogP) is 4.10. The van der Waals surface area contributed by atoms with Crippen LogP contribution in [0.15, 0.2) is 58.8 Å². The molecule has 138 valence electrons. The molecule has 0 bridgehead atoms. The van der Waals surface area contributed by atoms with Gasteiger partial charge in [-0.1, -0.05) is 11.8 Å². The Kier molecular flexibility index (Phi) is 4.85. The number of thioether (sulfide) groups is 1. The van der Waals surface area contributed by atoms with Crippen LogP contribution in [-0.2, 0) is 0 Å². The highest BCUT2D eigenvalue weighted by atomic mass is 32.2. The fourth-order valence-corrected chi connectivity index (χ4v) is 3.86. The quantitative estimate of drug-likeness (QED) is 0.667. The van der Waals surface area contributed by atoms with Crippen molar-refractivity contribution in [1.82, 2.24) is 14.9 Å². The number of aromatic nitrogens is 3. The molecular formula is C20H20N4O2S. The second kappa shape index (κ2) is 7.44. The van der Waals surface area contributed by atoms with Crippen LogP contribution >= 0.6 is 11.8 Å². The fraction of sp³-hybridized carbons (Fsp3) is 0.250. The third-order valence-electron chi connectivity index (χ3n) is 4.30. The van der Waals surface area contributed by atoms with Gasteiger partial charge >= 0.3 is 0 Å². The fourth-order valence-electron chi connectivity index (χ4n) is 2.93. The van der Waals surface area contributed by atoms with E-state index in [9.17, 15) is 0 Å². The molecule has 1 aromatic heterocycles. The molecule has 0 saturated carbocycles. The average Bonchev–Trinajstić information content (AvgIpc) is 3.11. The van der Waals surface area contributed by atoms with Crippen LogP contribution in [0.25, 0.3) is 11.4 Å². The first-order chi connectivity index (χ1) is 13.2. The normalized spacial score (nSPS) is 15.8. The number of nitrogens with zero attached hydrogens (tertiary/aromatic N) is 4. The first-order valence-corrected chi connectivity index (χ1v) is 9.66. The standard InChI is InChI=1S/C20H20N4O2S/c1-4-26-17-11-7-15(8-12-17)19-21-22-20-24(19)23-18(13(2)27-20)14-5-9-16(25-3)10-6-14/h5-13H,4H2,1-3H3/t13-/m0/s1. The minimum atomic E-state index is 0.184. The Morgan fingerprint density at radius 2 is 1.63 bits per heavy atom. The van der Waals surface area contributed by atoms with Gasteiger partial charge in [0.2, 0.25) is 5.16 Å². The molecule has 0 aliphatic carbocycles. The maximum atomic E-state index is 5.51. The summed E-state index contributed by atoms with van der Waals surface area (Å²) >= 11 is 1.65. The van der Waals surface area contributed by atoms with Gasteiger partial charge in [0, 0.05) is 5.56 Å². The molecule has 6 nitrogen and oxygen atoms in total. The van der Waals surface area contributed by atoms with Gasteiger partial charge in [0.25, 0.3) is 0 Å². The molecule has 4 rings (SSSR count). The molecule has 0 radical (unpaired) electrons. The van der Waals surface area contributed by atoms with Gasteiger partial charge in [0.15, 0.2) is 5.82 Å². The van der Waals surface area contributed by atoms with Crippen molar-refractivity contribution in [3.05, 3.63) is 54.1 Å². The molecule has 2 heterocycles. The molecule has 0 unspecified atom stereocenters. The van der Waals surface area contributed by atoms with E-state index >= 15 is 0 Å². The molecule has 0 N–H and O–H groups in total. The summed E-state index contributed by atoms with van der Waals surface area (Å²) in [6, 6.07) is 15.8. The molecule has 2 aromatic carbocycles. The van der Waals surface area contributed by atoms with E-state index in [0.717, 1.165) is 39.3 Å². The molecule has 3 aromatic rings. The van der Waals surface area contributed by atoms with Crippen molar-refractivity contribution in [3.63, 3.8) is 0 Å². The number of hydrogen-bond acceptors (Lipinski definition) is 6. The zero-order chi connectivity index (χ0) is 18.8. The van der Waals surface area contributed by atoms with Crippen LogP contribution in [0.4, 0.5) is 0 Å². The molecule has 7 heteroatoms. The Hall–Kier alpha value is -2.80. The summed E-state index contributed by atoms with van der Waals surface area (Å²) in [4.78, 5) is 0. The highest BCUT2D eigenvalue weighted by molar-refractivity contribution is 8.00. The predicted molar refractivity (Wildman–Crippen MR) is 107 cm³/mol. The number of fused-ring (bicyclic) bond motifs is 1. The Balaban J connectivity index is 1.71. The largest absolute Gasteiger partial charge is 0.497 e. The van der Waals surface area contributed by atoms with Gasteiger partial charge in [0.05, 0.1) is 24.7 Å². The van der Waals surface area contributed by atoms with E-state index in [4.69, 9.17) is 14.6 Å². The molecule has 0 fully saturated rings. The molecule has 27 heavy (non-hydrogen) atoms. The van der Waals surface area contributed by atoms with Crippen LogP contribution in [0, 0.1) is 0 Å². The van der Waals surface area contributed by atoms with Crippen LogP contribution in [0.1, 0.15) is 19.4 Å². The first kappa shape index (κ1) is 17.6. The van der Waals surface area contributed by atoms with Crippen LogP contribution < -0.4 is 9.47 Å². The smallest absolute Gasteiger partial charge is 0.213 e. The summed E-state index contributed by atoms with van der Waals surface area (Å²) in [6.07, 6.45) is 0. The zero-order valence-electron chi connectivity index (χ0n) is 15.4. The maximum Gasteiger partial charge on any atom is 0.213 e. The summed E-state index contributed by atoms with van der Waals surface area (Å²) < 4.78 is 12.6. The van der Waals surface area contributed by atoms with E-state index in [1.165, 1.54) is 0 Å². The van der Waals surface area contributed by atoms with E-state index in [2.05, 4.69) is 17.1 Å². The van der Waals surface area contributed by atoms with Crippen molar-refractivity contribution in [2.75, 3.05) is 13.7 Å². The third-order valence-corrected chi connectivity index (χ3v) is 5.34. The summed E-state index contributed by atoms with van der Waals surface area (Å²) in [6.45, 7) is 4.74. The van der Waals surface area contributed by atoms with Gasteiger partial charge in [-0.25, -0.2) is 0 Å². The topological polar surface area (TPSA) is 61.5 Å². The number of hydrogen-bond donors (Lipinski definition) is 0. The molecule has 1 aliphatic heterocycles. The molecule has 0 amide bonds. The second-order valence-corrected chi connectivity index (χ2v) is 7.36. The lowest BCUT2D eigenvalue weighted by atomic mass is 10.1. The lowest BCUT2D eigenvalue weighted by Gasteiger charge is -2.20. The van der Waals surface area contributed by atoms with E-state index in [1.807, 2.05) is 60.1 Å². The lowest BCUT2D eigenvalue weighted by molar-refractivity contribution is 0.340. The van der Waals surface area contributed by atoms with Crippen molar-refractivity contribution < 1.29 is 9.47 Å². The summed E-state index contributed by atoms with van der Waals surface area (Å²) in [5.41, 5.74) is 3.00. The number of rotatable bonds is 5. The van der Waals surface area contributed by atoms with Crippen LogP contribution in [-0.4, -0.2) is 39.6 Å². The number of benzene rings is 2. The van der Waals surface area contributed by atoms with E-state index in [0.29, 0.717) is 6.61 Å². The van der Waals surface area contributed by atoms with Crippen LogP contribution in [0.2, 0.25) is 0 Å². The molecule has 1 atom stereocenters. The Morgan fingerprint density at radius 1 is 0.963 bits per heavy atom. The monoisotopic (exact) mass is 380 g/mol. The van der Waals surface area contributed by atoms with Gasteiger partial charge < -0.3 is 9.47 Å². The minimum absolute atomic E-state index is 0.184. The average molecular weight is 380 g/mol. The second-order valence-electron chi connectivity index (χ2n) is 6.05. The SMILES string of the molecule is CCOc1ccc(-c2nnc3n2N=C(c2ccc(OC)cc2)[C@H](C)S3)cc1. The number of ether oxygens (including phenoxy) is 2. The van der Waals surface area contributed by atoms with Crippen molar-refractivity contribution in [2.45, 2.75) is 24.3 Å². The maximum absolute atomic E-state index is 5.51. The van der Waals surface area contributed by atoms with Gasteiger partial charge in [-0.2, -0.15) is 9.78 Å². The first-order valence-electron chi connectivity index (χ1n) is 8.78. The lowest BCUT2D eigenvalue weighted by Crippen LogP contribution is -2.21. The molecule has 0 spiro atoms. The Bertz CT molecular complexity index is 965. The van der Waals surface area contributed by atoms with Crippen molar-refractivity contribution in [2.24, 2.45) is 5.10 Å². The Labute approximate surface area is 162 Å².